The van der Waals surface area contributed by atoms with E-state index in [-0.39, 0.29) is 24.2 Å². The highest BCUT2D eigenvalue weighted by molar-refractivity contribution is 7.89. The van der Waals surface area contributed by atoms with Gasteiger partial charge in [0.05, 0.1) is 18.0 Å². The first-order chi connectivity index (χ1) is 8.90. The Hall–Kier alpha value is -0.170. The fourth-order valence-corrected chi connectivity index (χ4v) is 5.12. The van der Waals surface area contributed by atoms with E-state index in [1.165, 1.54) is 13.5 Å². The Morgan fingerprint density at radius 2 is 2.00 bits per heavy atom. The van der Waals surface area contributed by atoms with Gasteiger partial charge in [-0.05, 0) is 26.2 Å². The van der Waals surface area contributed by atoms with Crippen LogP contribution in [0, 0.1) is 5.41 Å². The van der Waals surface area contributed by atoms with Crippen molar-refractivity contribution in [2.45, 2.75) is 50.0 Å². The maximum Gasteiger partial charge on any atom is 0.219 e. The van der Waals surface area contributed by atoms with Crippen LogP contribution in [0.4, 0.5) is 0 Å². The van der Waals surface area contributed by atoms with Crippen molar-refractivity contribution in [1.82, 2.24) is 4.31 Å². The maximum absolute atomic E-state index is 12.5. The minimum atomic E-state index is -3.29. The molecule has 1 spiro atoms. The van der Waals surface area contributed by atoms with Gasteiger partial charge in [0.2, 0.25) is 10.0 Å². The van der Waals surface area contributed by atoms with Crippen molar-refractivity contribution >= 4 is 10.0 Å². The molecule has 5 nitrogen and oxygen atoms in total. The molecule has 0 radical (unpaired) electrons. The van der Waals surface area contributed by atoms with Crippen LogP contribution in [0.3, 0.4) is 0 Å². The summed E-state index contributed by atoms with van der Waals surface area (Å²) in [5.74, 6) is 0. The Balaban J connectivity index is 2.10. The average molecular weight is 291 g/mol. The largest absolute Gasteiger partial charge is 0.383 e. The minimum Gasteiger partial charge on any atom is -0.383 e. The standard InChI is InChI=1S/C13H25NO4S/c1-10(9-17-3)19(15,16)14(2)11-8-12(18-4)13(11)6-5-7-13/h10-12H,5-9H2,1-4H3. The summed E-state index contributed by atoms with van der Waals surface area (Å²) in [6.45, 7) is 1.94. The van der Waals surface area contributed by atoms with Crippen LogP contribution in [0.25, 0.3) is 0 Å². The van der Waals surface area contributed by atoms with Crippen LogP contribution in [-0.4, -0.2) is 58.0 Å². The highest BCUT2D eigenvalue weighted by Gasteiger charge is 2.61. The number of methoxy groups -OCH3 is 2. The number of sulfonamides is 1. The van der Waals surface area contributed by atoms with E-state index in [0.717, 1.165) is 19.3 Å². The van der Waals surface area contributed by atoms with Gasteiger partial charge in [0.25, 0.3) is 0 Å². The molecule has 2 fully saturated rings. The molecule has 0 saturated heterocycles. The third-order valence-corrected chi connectivity index (χ3v) is 7.27. The molecule has 0 heterocycles. The van der Waals surface area contributed by atoms with E-state index < -0.39 is 15.3 Å². The van der Waals surface area contributed by atoms with Gasteiger partial charge in [0.15, 0.2) is 0 Å². The first-order valence-electron chi connectivity index (χ1n) is 6.88. The van der Waals surface area contributed by atoms with Crippen molar-refractivity contribution < 1.29 is 17.9 Å². The van der Waals surface area contributed by atoms with E-state index in [0.29, 0.717) is 0 Å². The molecule has 0 N–H and O–H groups in total. The van der Waals surface area contributed by atoms with Crippen LogP contribution in [0.1, 0.15) is 32.6 Å². The van der Waals surface area contributed by atoms with Crippen LogP contribution < -0.4 is 0 Å². The van der Waals surface area contributed by atoms with E-state index >= 15 is 0 Å². The van der Waals surface area contributed by atoms with Crippen LogP contribution in [0.2, 0.25) is 0 Å². The number of hydrogen-bond donors (Lipinski definition) is 0. The molecule has 2 rings (SSSR count). The molecule has 2 aliphatic rings. The lowest BCUT2D eigenvalue weighted by molar-refractivity contribution is -0.177. The molecule has 0 amide bonds. The summed E-state index contributed by atoms with van der Waals surface area (Å²) in [6, 6.07) is 0.0931. The number of hydrogen-bond acceptors (Lipinski definition) is 4. The molecule has 2 aliphatic carbocycles. The second-order valence-corrected chi connectivity index (χ2v) is 8.30. The molecule has 3 atom stereocenters. The van der Waals surface area contributed by atoms with E-state index in [2.05, 4.69) is 0 Å². The predicted octanol–water partition coefficient (Wildman–Crippen LogP) is 1.24. The van der Waals surface area contributed by atoms with Gasteiger partial charge in [-0.25, -0.2) is 12.7 Å². The molecule has 3 unspecified atom stereocenters. The van der Waals surface area contributed by atoms with Gasteiger partial charge in [0.1, 0.15) is 0 Å². The monoisotopic (exact) mass is 291 g/mol. The van der Waals surface area contributed by atoms with Gasteiger partial charge < -0.3 is 9.47 Å². The topological polar surface area (TPSA) is 55.8 Å². The molecule has 112 valence electrons. The Kier molecular flexibility index (Phi) is 4.26. The van der Waals surface area contributed by atoms with E-state index in [9.17, 15) is 8.42 Å². The molecule has 2 saturated carbocycles. The van der Waals surface area contributed by atoms with Crippen molar-refractivity contribution in [3.8, 4) is 0 Å². The first-order valence-corrected chi connectivity index (χ1v) is 8.39. The van der Waals surface area contributed by atoms with Gasteiger partial charge in [-0.2, -0.15) is 0 Å². The van der Waals surface area contributed by atoms with Crippen molar-refractivity contribution in [3.05, 3.63) is 0 Å². The number of nitrogens with zero attached hydrogens (tertiary/aromatic N) is 1. The van der Waals surface area contributed by atoms with Crippen molar-refractivity contribution in [1.29, 1.82) is 0 Å². The van der Waals surface area contributed by atoms with Crippen LogP contribution >= 0.6 is 0 Å². The highest BCUT2D eigenvalue weighted by Crippen LogP contribution is 2.59. The second kappa shape index (κ2) is 5.31. The fourth-order valence-electron chi connectivity index (χ4n) is 3.59. The number of rotatable bonds is 6. The summed E-state index contributed by atoms with van der Waals surface area (Å²) in [7, 11) is 1.68. The normalized spacial score (nSPS) is 31.0. The third-order valence-electron chi connectivity index (χ3n) is 5.06. The van der Waals surface area contributed by atoms with Gasteiger partial charge >= 0.3 is 0 Å². The molecule has 0 aromatic rings. The molecule has 0 bridgehead atoms. The Morgan fingerprint density at radius 3 is 2.42 bits per heavy atom. The van der Waals surface area contributed by atoms with Crippen molar-refractivity contribution in [2.75, 3.05) is 27.9 Å². The smallest absolute Gasteiger partial charge is 0.219 e. The molecular formula is C13H25NO4S. The zero-order valence-electron chi connectivity index (χ0n) is 12.3. The number of ether oxygens (including phenoxy) is 2. The molecule has 0 aromatic carbocycles. The van der Waals surface area contributed by atoms with Crippen LogP contribution in [-0.2, 0) is 19.5 Å². The predicted molar refractivity (Wildman–Crippen MR) is 73.5 cm³/mol. The quantitative estimate of drug-likeness (QED) is 0.739. The van der Waals surface area contributed by atoms with Crippen molar-refractivity contribution in [2.24, 2.45) is 5.41 Å². The SMILES string of the molecule is COCC(C)S(=O)(=O)N(C)C1CC(OC)C12CCC2. The average Bonchev–Trinajstić information content (AvgIpc) is 2.26. The summed E-state index contributed by atoms with van der Waals surface area (Å²) in [4.78, 5) is 0. The van der Waals surface area contributed by atoms with E-state index in [1.54, 1.807) is 25.4 Å². The van der Waals surface area contributed by atoms with Gasteiger partial charge in [-0.3, -0.25) is 0 Å². The Labute approximate surface area is 116 Å². The fraction of sp³-hybridized carbons (Fsp3) is 1.00. The molecular weight excluding hydrogens is 266 g/mol. The molecule has 19 heavy (non-hydrogen) atoms. The summed E-state index contributed by atoms with van der Waals surface area (Å²) >= 11 is 0. The lowest BCUT2D eigenvalue weighted by Crippen LogP contribution is -2.68. The van der Waals surface area contributed by atoms with Crippen molar-refractivity contribution in [3.63, 3.8) is 0 Å². The zero-order valence-corrected chi connectivity index (χ0v) is 13.1. The van der Waals surface area contributed by atoms with Gasteiger partial charge in [-0.1, -0.05) is 6.42 Å². The lowest BCUT2D eigenvalue weighted by Gasteiger charge is -2.62. The molecule has 0 aromatic heterocycles. The van der Waals surface area contributed by atoms with Gasteiger partial charge in [-0.15, -0.1) is 0 Å². The lowest BCUT2D eigenvalue weighted by atomic mass is 9.51. The summed E-state index contributed by atoms with van der Waals surface area (Å²) in [6.07, 6.45) is 4.37. The first kappa shape index (κ1) is 15.2. The van der Waals surface area contributed by atoms with Crippen LogP contribution in [0.15, 0.2) is 0 Å². The third kappa shape index (κ3) is 2.22. The summed E-state index contributed by atoms with van der Waals surface area (Å²) < 4.78 is 37.0. The summed E-state index contributed by atoms with van der Waals surface area (Å²) in [5, 5.41) is -0.499. The zero-order chi connectivity index (χ0) is 14.3. The summed E-state index contributed by atoms with van der Waals surface area (Å²) in [5.41, 5.74) is 0.0728. The molecule has 0 aliphatic heterocycles. The maximum atomic E-state index is 12.5. The van der Waals surface area contributed by atoms with Gasteiger partial charge in [0, 0.05) is 32.7 Å². The minimum absolute atomic E-state index is 0.0728. The Morgan fingerprint density at radius 1 is 1.37 bits per heavy atom. The second-order valence-electron chi connectivity index (χ2n) is 5.89. The highest BCUT2D eigenvalue weighted by atomic mass is 32.2. The van der Waals surface area contributed by atoms with E-state index in [4.69, 9.17) is 9.47 Å². The van der Waals surface area contributed by atoms with Crippen LogP contribution in [0.5, 0.6) is 0 Å². The molecule has 6 heteroatoms. The van der Waals surface area contributed by atoms with E-state index in [1.807, 2.05) is 0 Å². The Bertz CT molecular complexity index is 418.